The van der Waals surface area contributed by atoms with E-state index in [1.54, 1.807) is 0 Å². The van der Waals surface area contributed by atoms with Crippen molar-refractivity contribution in [3.05, 3.63) is 0 Å². The second-order valence-electron chi connectivity index (χ2n) is 5.46. The Balaban J connectivity index is 2.45. The van der Waals surface area contributed by atoms with Crippen molar-refractivity contribution in [1.82, 2.24) is 10.2 Å². The van der Waals surface area contributed by atoms with E-state index in [9.17, 15) is 0 Å². The van der Waals surface area contributed by atoms with E-state index in [1.165, 1.54) is 32.2 Å². The van der Waals surface area contributed by atoms with Crippen LogP contribution in [0.15, 0.2) is 0 Å². The van der Waals surface area contributed by atoms with Gasteiger partial charge in [-0.15, -0.1) is 0 Å². The first-order valence-corrected chi connectivity index (χ1v) is 7.13. The molecule has 2 nitrogen and oxygen atoms in total. The lowest BCUT2D eigenvalue weighted by atomic mass is 10.00. The molecule has 1 saturated heterocycles. The summed E-state index contributed by atoms with van der Waals surface area (Å²) in [5.74, 6) is 0.750. The molecule has 0 spiro atoms. The molecule has 0 aromatic rings. The molecule has 96 valence electrons. The number of rotatable bonds is 5. The summed E-state index contributed by atoms with van der Waals surface area (Å²) in [4.78, 5) is 2.73. The summed E-state index contributed by atoms with van der Waals surface area (Å²) < 4.78 is 0. The first kappa shape index (κ1) is 14.0. The van der Waals surface area contributed by atoms with Gasteiger partial charge in [0, 0.05) is 12.1 Å². The largest absolute Gasteiger partial charge is 0.317 e. The summed E-state index contributed by atoms with van der Waals surface area (Å²) in [5.41, 5.74) is 0. The Morgan fingerprint density at radius 1 is 1.25 bits per heavy atom. The van der Waals surface area contributed by atoms with Gasteiger partial charge < -0.3 is 5.32 Å². The molecule has 0 bridgehead atoms. The third kappa shape index (κ3) is 4.06. The van der Waals surface area contributed by atoms with Crippen molar-refractivity contribution in [3.63, 3.8) is 0 Å². The van der Waals surface area contributed by atoms with Crippen LogP contribution in [0.3, 0.4) is 0 Å². The van der Waals surface area contributed by atoms with Crippen LogP contribution in [0.2, 0.25) is 0 Å². The summed E-state index contributed by atoms with van der Waals surface area (Å²) in [6.07, 6.45) is 5.63. The van der Waals surface area contributed by atoms with Crippen molar-refractivity contribution in [3.8, 4) is 0 Å². The molecule has 3 unspecified atom stereocenters. The second kappa shape index (κ2) is 7.29. The van der Waals surface area contributed by atoms with E-state index in [2.05, 4.69) is 37.9 Å². The minimum atomic E-state index is 0.715. The average Bonchev–Trinajstić information content (AvgIpc) is 2.49. The monoisotopic (exact) mass is 226 g/mol. The lowest BCUT2D eigenvalue weighted by Gasteiger charge is -2.36. The fourth-order valence-electron chi connectivity index (χ4n) is 2.77. The highest BCUT2D eigenvalue weighted by molar-refractivity contribution is 4.80. The molecular weight excluding hydrogens is 196 g/mol. The van der Waals surface area contributed by atoms with Gasteiger partial charge in [-0.05, 0) is 52.2 Å². The Morgan fingerprint density at radius 3 is 2.69 bits per heavy atom. The summed E-state index contributed by atoms with van der Waals surface area (Å²) in [5, 5.41) is 3.47. The zero-order chi connectivity index (χ0) is 12.0. The molecule has 1 rings (SSSR count). The van der Waals surface area contributed by atoms with E-state index in [4.69, 9.17) is 0 Å². The Kier molecular flexibility index (Phi) is 6.37. The van der Waals surface area contributed by atoms with Crippen molar-refractivity contribution < 1.29 is 0 Å². The normalized spacial score (nSPS) is 27.4. The summed E-state index contributed by atoms with van der Waals surface area (Å²) in [6.45, 7) is 12.9. The molecule has 0 amide bonds. The Labute approximate surface area is 102 Å². The predicted molar refractivity (Wildman–Crippen MR) is 71.8 cm³/mol. The lowest BCUT2D eigenvalue weighted by molar-refractivity contribution is 0.118. The molecule has 0 radical (unpaired) electrons. The zero-order valence-electron chi connectivity index (χ0n) is 11.6. The van der Waals surface area contributed by atoms with Crippen LogP contribution in [0.4, 0.5) is 0 Å². The molecule has 3 atom stereocenters. The first-order valence-electron chi connectivity index (χ1n) is 7.13. The van der Waals surface area contributed by atoms with Gasteiger partial charge in [-0.2, -0.15) is 0 Å². The van der Waals surface area contributed by atoms with Crippen molar-refractivity contribution in [2.24, 2.45) is 5.92 Å². The minimum Gasteiger partial charge on any atom is -0.317 e. The van der Waals surface area contributed by atoms with Crippen LogP contribution >= 0.6 is 0 Å². The average molecular weight is 226 g/mol. The maximum atomic E-state index is 3.47. The van der Waals surface area contributed by atoms with Crippen LogP contribution in [0.5, 0.6) is 0 Å². The molecule has 0 aromatic carbocycles. The molecular formula is C14H30N2. The number of nitrogens with one attached hydrogen (secondary N) is 1. The highest BCUT2D eigenvalue weighted by atomic mass is 15.2. The number of likely N-dealkylation sites (tertiary alicyclic amines) is 1. The van der Waals surface area contributed by atoms with E-state index in [0.29, 0.717) is 6.04 Å². The van der Waals surface area contributed by atoms with Gasteiger partial charge in [0.25, 0.3) is 0 Å². The van der Waals surface area contributed by atoms with Crippen LogP contribution in [-0.4, -0.2) is 36.6 Å². The van der Waals surface area contributed by atoms with Crippen molar-refractivity contribution in [2.75, 3.05) is 19.6 Å². The highest BCUT2D eigenvalue weighted by Crippen LogP contribution is 2.21. The van der Waals surface area contributed by atoms with Gasteiger partial charge in [0.2, 0.25) is 0 Å². The first-order chi connectivity index (χ1) is 7.66. The van der Waals surface area contributed by atoms with Crippen molar-refractivity contribution in [2.45, 2.75) is 65.5 Å². The molecule has 1 N–H and O–H groups in total. The number of hydrogen-bond acceptors (Lipinski definition) is 2. The quantitative estimate of drug-likeness (QED) is 0.775. The Hall–Kier alpha value is -0.0800. The fraction of sp³-hybridized carbons (Fsp3) is 1.00. The third-order valence-corrected chi connectivity index (χ3v) is 4.17. The molecule has 0 aliphatic carbocycles. The summed E-state index contributed by atoms with van der Waals surface area (Å²) >= 11 is 0. The second-order valence-corrected chi connectivity index (χ2v) is 5.46. The van der Waals surface area contributed by atoms with Gasteiger partial charge in [-0.25, -0.2) is 0 Å². The SMILES string of the molecule is CCNCC(C)C(C)N1CCCCCC1C. The molecule has 2 heteroatoms. The van der Waals surface area contributed by atoms with Gasteiger partial charge in [0.1, 0.15) is 0 Å². The third-order valence-electron chi connectivity index (χ3n) is 4.17. The van der Waals surface area contributed by atoms with E-state index >= 15 is 0 Å². The zero-order valence-corrected chi connectivity index (χ0v) is 11.6. The van der Waals surface area contributed by atoms with Gasteiger partial charge in [-0.3, -0.25) is 4.90 Å². The van der Waals surface area contributed by atoms with E-state index in [1.807, 2.05) is 0 Å². The van der Waals surface area contributed by atoms with Crippen molar-refractivity contribution >= 4 is 0 Å². The lowest BCUT2D eigenvalue weighted by Crippen LogP contribution is -2.45. The van der Waals surface area contributed by atoms with E-state index < -0.39 is 0 Å². The minimum absolute atomic E-state index is 0.715. The predicted octanol–water partition coefficient (Wildman–Crippen LogP) is 2.89. The van der Waals surface area contributed by atoms with E-state index in [-0.39, 0.29) is 0 Å². The van der Waals surface area contributed by atoms with Crippen LogP contribution in [-0.2, 0) is 0 Å². The van der Waals surface area contributed by atoms with Crippen LogP contribution < -0.4 is 5.32 Å². The molecule has 0 aromatic heterocycles. The molecule has 1 aliphatic heterocycles. The summed E-state index contributed by atoms with van der Waals surface area (Å²) in [6, 6.07) is 1.49. The molecule has 1 fully saturated rings. The van der Waals surface area contributed by atoms with Crippen LogP contribution in [0.1, 0.15) is 53.4 Å². The van der Waals surface area contributed by atoms with Gasteiger partial charge in [0.15, 0.2) is 0 Å². The molecule has 1 heterocycles. The van der Waals surface area contributed by atoms with Gasteiger partial charge in [0.05, 0.1) is 0 Å². The number of hydrogen-bond donors (Lipinski definition) is 1. The Morgan fingerprint density at radius 2 is 2.00 bits per heavy atom. The smallest absolute Gasteiger partial charge is 0.0107 e. The standard InChI is InChI=1S/C14H30N2/c1-5-15-11-12(2)14(4)16-10-8-6-7-9-13(16)3/h12-15H,5-11H2,1-4H3. The molecule has 1 aliphatic rings. The van der Waals surface area contributed by atoms with E-state index in [0.717, 1.165) is 25.0 Å². The maximum Gasteiger partial charge on any atom is 0.0107 e. The van der Waals surface area contributed by atoms with Crippen LogP contribution in [0, 0.1) is 5.92 Å². The fourth-order valence-corrected chi connectivity index (χ4v) is 2.77. The molecule has 16 heavy (non-hydrogen) atoms. The maximum absolute atomic E-state index is 3.47. The number of nitrogens with zero attached hydrogens (tertiary/aromatic N) is 1. The van der Waals surface area contributed by atoms with Gasteiger partial charge >= 0.3 is 0 Å². The molecule has 0 saturated carbocycles. The highest BCUT2D eigenvalue weighted by Gasteiger charge is 2.25. The Bertz CT molecular complexity index is 182. The van der Waals surface area contributed by atoms with Crippen molar-refractivity contribution in [1.29, 1.82) is 0 Å². The van der Waals surface area contributed by atoms with Crippen LogP contribution in [0.25, 0.3) is 0 Å². The topological polar surface area (TPSA) is 15.3 Å². The summed E-state index contributed by atoms with van der Waals surface area (Å²) in [7, 11) is 0. The van der Waals surface area contributed by atoms with Gasteiger partial charge in [-0.1, -0.05) is 26.7 Å².